The molecule has 0 radical (unpaired) electrons. The molecule has 2 heterocycles. The number of carboxylic acids is 1. The Kier molecular flexibility index (Phi) is 5.61. The van der Waals surface area contributed by atoms with E-state index in [0.29, 0.717) is 19.0 Å². The number of rotatable bonds is 5. The number of carbonyl (C=O) groups excluding carboxylic acids is 2. The standard InChI is InChI=1S/C23H23N3O4/c27-20(25-12-10-17(11-13-25)14-16-6-2-1-3-7-16)15-26-22(28)19-9-5-4-8-18(19)21(24-26)23(29)30/h1-9,17H,10-15H2,(H,29,30)/p-1. The predicted molar refractivity (Wildman–Crippen MR) is 110 cm³/mol. The van der Waals surface area contributed by atoms with E-state index in [9.17, 15) is 19.5 Å². The summed E-state index contributed by atoms with van der Waals surface area (Å²) in [6, 6.07) is 16.6. The molecule has 4 rings (SSSR count). The number of piperidine rings is 1. The highest BCUT2D eigenvalue weighted by Crippen LogP contribution is 2.22. The van der Waals surface area contributed by atoms with E-state index < -0.39 is 11.5 Å². The van der Waals surface area contributed by atoms with Crippen LogP contribution < -0.4 is 10.7 Å². The lowest BCUT2D eigenvalue weighted by molar-refractivity contribution is -0.255. The molecule has 30 heavy (non-hydrogen) atoms. The monoisotopic (exact) mass is 404 g/mol. The van der Waals surface area contributed by atoms with Crippen LogP contribution >= 0.6 is 0 Å². The predicted octanol–water partition coefficient (Wildman–Crippen LogP) is 1.24. The van der Waals surface area contributed by atoms with Gasteiger partial charge in [0, 0.05) is 18.5 Å². The van der Waals surface area contributed by atoms with E-state index in [4.69, 9.17) is 0 Å². The number of aromatic carboxylic acids is 1. The first kappa shape index (κ1) is 19.8. The summed E-state index contributed by atoms with van der Waals surface area (Å²) in [6.45, 7) is 0.950. The fourth-order valence-electron chi connectivity index (χ4n) is 4.06. The Morgan fingerprint density at radius 1 is 0.967 bits per heavy atom. The summed E-state index contributed by atoms with van der Waals surface area (Å²) in [5, 5.41) is 15.8. The molecule has 1 fully saturated rings. The van der Waals surface area contributed by atoms with Gasteiger partial charge < -0.3 is 14.8 Å². The summed E-state index contributed by atoms with van der Waals surface area (Å²) in [5.74, 6) is -1.20. The largest absolute Gasteiger partial charge is 0.543 e. The minimum atomic E-state index is -1.48. The molecule has 1 amide bonds. The van der Waals surface area contributed by atoms with Crippen LogP contribution in [-0.2, 0) is 17.8 Å². The summed E-state index contributed by atoms with van der Waals surface area (Å²) in [5.41, 5.74) is 0.478. The first-order valence-electron chi connectivity index (χ1n) is 10.1. The summed E-state index contributed by atoms with van der Waals surface area (Å²) < 4.78 is 0.936. The molecular formula is C23H22N3O4-. The molecule has 1 saturated heterocycles. The fraction of sp³-hybridized carbons (Fsp3) is 0.304. The maximum absolute atomic E-state index is 12.8. The third-order valence-corrected chi connectivity index (χ3v) is 5.68. The number of fused-ring (bicyclic) bond motifs is 1. The van der Waals surface area contributed by atoms with Gasteiger partial charge in [0.1, 0.15) is 12.2 Å². The fourth-order valence-corrected chi connectivity index (χ4v) is 4.06. The number of nitrogens with zero attached hydrogens (tertiary/aromatic N) is 3. The smallest absolute Gasteiger partial charge is 0.275 e. The average molecular weight is 404 g/mol. The van der Waals surface area contributed by atoms with Crippen molar-refractivity contribution in [2.75, 3.05) is 13.1 Å². The molecule has 154 valence electrons. The molecule has 0 unspecified atom stereocenters. The number of hydrogen-bond donors (Lipinski definition) is 0. The van der Waals surface area contributed by atoms with Crippen LogP contribution in [0.25, 0.3) is 10.8 Å². The molecule has 3 aromatic rings. The van der Waals surface area contributed by atoms with Gasteiger partial charge in [0.25, 0.3) is 5.56 Å². The molecule has 1 aliphatic rings. The van der Waals surface area contributed by atoms with Crippen molar-refractivity contribution in [1.29, 1.82) is 0 Å². The van der Waals surface area contributed by atoms with Gasteiger partial charge in [0.05, 0.1) is 11.4 Å². The van der Waals surface area contributed by atoms with Crippen LogP contribution in [0.3, 0.4) is 0 Å². The maximum Gasteiger partial charge on any atom is 0.275 e. The zero-order valence-corrected chi connectivity index (χ0v) is 16.5. The van der Waals surface area contributed by atoms with E-state index in [1.807, 2.05) is 18.2 Å². The van der Waals surface area contributed by atoms with Crippen molar-refractivity contribution in [1.82, 2.24) is 14.7 Å². The molecule has 0 bridgehead atoms. The molecule has 0 N–H and O–H groups in total. The molecule has 0 atom stereocenters. The van der Waals surface area contributed by atoms with E-state index >= 15 is 0 Å². The van der Waals surface area contributed by atoms with Gasteiger partial charge in [0.2, 0.25) is 5.91 Å². The number of carbonyl (C=O) groups is 2. The van der Waals surface area contributed by atoms with Crippen LogP contribution in [0, 0.1) is 5.92 Å². The summed E-state index contributed by atoms with van der Waals surface area (Å²) >= 11 is 0. The molecule has 2 aromatic carbocycles. The molecule has 0 aliphatic carbocycles. The van der Waals surface area contributed by atoms with Crippen LogP contribution in [0.15, 0.2) is 59.4 Å². The summed E-state index contributed by atoms with van der Waals surface area (Å²) in [6.07, 6.45) is 2.78. The van der Waals surface area contributed by atoms with Gasteiger partial charge in [-0.05, 0) is 36.8 Å². The second kappa shape index (κ2) is 8.49. The van der Waals surface area contributed by atoms with Crippen molar-refractivity contribution in [3.63, 3.8) is 0 Å². The number of amides is 1. The van der Waals surface area contributed by atoms with Crippen LogP contribution in [0.5, 0.6) is 0 Å². The average Bonchev–Trinajstić information content (AvgIpc) is 2.76. The van der Waals surface area contributed by atoms with Crippen molar-refractivity contribution >= 4 is 22.6 Å². The molecule has 7 heteroatoms. The van der Waals surface area contributed by atoms with Crippen molar-refractivity contribution in [3.8, 4) is 0 Å². The molecule has 0 saturated carbocycles. The van der Waals surface area contributed by atoms with Crippen molar-refractivity contribution in [2.45, 2.75) is 25.8 Å². The van der Waals surface area contributed by atoms with Gasteiger partial charge in [-0.2, -0.15) is 5.10 Å². The van der Waals surface area contributed by atoms with Gasteiger partial charge in [-0.25, -0.2) is 4.68 Å². The molecular weight excluding hydrogens is 382 g/mol. The Morgan fingerprint density at radius 3 is 2.27 bits per heavy atom. The van der Waals surface area contributed by atoms with Gasteiger partial charge >= 0.3 is 0 Å². The first-order chi connectivity index (χ1) is 14.5. The third-order valence-electron chi connectivity index (χ3n) is 5.68. The lowest BCUT2D eigenvalue weighted by atomic mass is 9.90. The highest BCUT2D eigenvalue weighted by molar-refractivity contribution is 6.00. The van der Waals surface area contributed by atoms with Gasteiger partial charge in [-0.3, -0.25) is 9.59 Å². The van der Waals surface area contributed by atoms with E-state index in [0.717, 1.165) is 23.9 Å². The summed E-state index contributed by atoms with van der Waals surface area (Å²) in [4.78, 5) is 38.7. The lowest BCUT2D eigenvalue weighted by Gasteiger charge is -2.32. The van der Waals surface area contributed by atoms with E-state index in [2.05, 4.69) is 17.2 Å². The zero-order valence-electron chi connectivity index (χ0n) is 16.5. The zero-order chi connectivity index (χ0) is 21.1. The number of carboxylic acid groups (broad SMARTS) is 1. The lowest BCUT2D eigenvalue weighted by Crippen LogP contribution is -2.42. The third kappa shape index (κ3) is 4.10. The van der Waals surface area contributed by atoms with E-state index in [1.54, 1.807) is 17.0 Å². The van der Waals surface area contributed by atoms with Crippen molar-refractivity contribution in [2.24, 2.45) is 5.92 Å². The Balaban J connectivity index is 1.46. The second-order valence-corrected chi connectivity index (χ2v) is 7.66. The number of likely N-dealkylation sites (tertiary alicyclic amines) is 1. The Morgan fingerprint density at radius 2 is 1.60 bits per heavy atom. The second-order valence-electron chi connectivity index (χ2n) is 7.66. The van der Waals surface area contributed by atoms with Crippen LogP contribution in [0.4, 0.5) is 0 Å². The minimum absolute atomic E-state index is 0.209. The quantitative estimate of drug-likeness (QED) is 0.638. The van der Waals surface area contributed by atoms with Gasteiger partial charge in [-0.15, -0.1) is 0 Å². The Labute approximate surface area is 173 Å². The highest BCUT2D eigenvalue weighted by atomic mass is 16.4. The van der Waals surface area contributed by atoms with Crippen molar-refractivity contribution in [3.05, 3.63) is 76.2 Å². The molecule has 7 nitrogen and oxygen atoms in total. The minimum Gasteiger partial charge on any atom is -0.543 e. The van der Waals surface area contributed by atoms with Crippen LogP contribution in [0.1, 0.15) is 28.9 Å². The molecule has 0 spiro atoms. The SMILES string of the molecule is O=C([O-])c1nn(CC(=O)N2CCC(Cc3ccccc3)CC2)c(=O)c2ccccc12. The number of aromatic nitrogens is 2. The molecule has 1 aromatic heterocycles. The Hall–Kier alpha value is -3.48. The topological polar surface area (TPSA) is 95.3 Å². The molecule has 1 aliphatic heterocycles. The number of benzene rings is 2. The van der Waals surface area contributed by atoms with Gasteiger partial charge in [0.15, 0.2) is 0 Å². The van der Waals surface area contributed by atoms with E-state index in [1.165, 1.54) is 17.7 Å². The van der Waals surface area contributed by atoms with E-state index in [-0.39, 0.29) is 28.9 Å². The van der Waals surface area contributed by atoms with Crippen LogP contribution in [0.2, 0.25) is 0 Å². The normalized spacial score (nSPS) is 14.7. The first-order valence-corrected chi connectivity index (χ1v) is 10.1. The highest BCUT2D eigenvalue weighted by Gasteiger charge is 2.24. The number of hydrogen-bond acceptors (Lipinski definition) is 5. The summed E-state index contributed by atoms with van der Waals surface area (Å²) in [7, 11) is 0. The van der Waals surface area contributed by atoms with Crippen LogP contribution in [-0.4, -0.2) is 39.6 Å². The van der Waals surface area contributed by atoms with Crippen molar-refractivity contribution < 1.29 is 14.7 Å². The van der Waals surface area contributed by atoms with Gasteiger partial charge in [-0.1, -0.05) is 48.5 Å². The Bertz CT molecular complexity index is 1130. The maximum atomic E-state index is 12.8.